The van der Waals surface area contributed by atoms with Gasteiger partial charge >= 0.3 is 6.03 Å². The van der Waals surface area contributed by atoms with Crippen LogP contribution in [0.1, 0.15) is 56.9 Å². The summed E-state index contributed by atoms with van der Waals surface area (Å²) in [6.07, 6.45) is 7.74. The van der Waals surface area contributed by atoms with Crippen molar-refractivity contribution < 1.29 is 18.7 Å². The maximum Gasteiger partial charge on any atom is 0.322 e. The molecule has 1 N–H and O–H groups in total. The van der Waals surface area contributed by atoms with Crippen LogP contribution in [-0.2, 0) is 14.9 Å². The quantitative estimate of drug-likeness (QED) is 0.794. The molecule has 5 rings (SSSR count). The maximum absolute atomic E-state index is 14.7. The van der Waals surface area contributed by atoms with Crippen molar-refractivity contribution in [2.24, 2.45) is 0 Å². The number of benzene rings is 1. The monoisotopic (exact) mass is 388 g/mol. The molecule has 2 amide bonds. The highest BCUT2D eigenvalue weighted by molar-refractivity contribution is 5.95. The Morgan fingerprint density at radius 1 is 1.14 bits per heavy atom. The minimum atomic E-state index is -0.288. The number of rotatable bonds is 1. The number of fused-ring (bicyclic) bond motifs is 2. The Morgan fingerprint density at radius 3 is 2.71 bits per heavy atom. The molecule has 2 saturated heterocycles. The smallest absolute Gasteiger partial charge is 0.322 e. The molecule has 0 bridgehead atoms. The first-order chi connectivity index (χ1) is 13.6. The number of urea groups is 1. The molecule has 1 saturated carbocycles. The Kier molecular flexibility index (Phi) is 4.59. The summed E-state index contributed by atoms with van der Waals surface area (Å²) in [7, 11) is 0. The van der Waals surface area contributed by atoms with Crippen molar-refractivity contribution in [1.29, 1.82) is 0 Å². The summed E-state index contributed by atoms with van der Waals surface area (Å²) >= 11 is 0. The van der Waals surface area contributed by atoms with E-state index in [1.165, 1.54) is 6.07 Å². The van der Waals surface area contributed by atoms with Crippen LogP contribution in [0.15, 0.2) is 18.2 Å². The van der Waals surface area contributed by atoms with E-state index in [2.05, 4.69) is 5.32 Å². The van der Waals surface area contributed by atoms with Crippen molar-refractivity contribution in [1.82, 2.24) is 5.32 Å². The molecule has 152 valence electrons. The van der Waals surface area contributed by atoms with Gasteiger partial charge in [0.1, 0.15) is 5.82 Å². The van der Waals surface area contributed by atoms with Gasteiger partial charge in [0.2, 0.25) is 0 Å². The van der Waals surface area contributed by atoms with E-state index >= 15 is 0 Å². The molecule has 3 aliphatic heterocycles. The second-order valence-electron chi connectivity index (χ2n) is 8.99. The molecule has 1 atom stereocenters. The fourth-order valence-corrected chi connectivity index (χ4v) is 5.83. The van der Waals surface area contributed by atoms with Crippen LogP contribution < -0.4 is 10.2 Å². The third-order valence-corrected chi connectivity index (χ3v) is 7.32. The predicted octanol–water partition coefficient (Wildman–Crippen LogP) is 3.90. The summed E-state index contributed by atoms with van der Waals surface area (Å²) in [6, 6.07) is 5.17. The number of para-hydroxylation sites is 1. The number of carbonyl (C=O) groups excluding carboxylic acids is 1. The van der Waals surface area contributed by atoms with Gasteiger partial charge in [0.05, 0.1) is 11.3 Å². The van der Waals surface area contributed by atoms with Crippen LogP contribution in [0.3, 0.4) is 0 Å². The molecular formula is C22H29FN2O3. The summed E-state index contributed by atoms with van der Waals surface area (Å²) in [6.45, 7) is 2.68. The van der Waals surface area contributed by atoms with Crippen molar-refractivity contribution in [2.75, 3.05) is 31.3 Å². The van der Waals surface area contributed by atoms with E-state index in [1.54, 1.807) is 11.0 Å². The molecule has 1 aromatic rings. The maximum atomic E-state index is 14.7. The zero-order chi connectivity index (χ0) is 19.2. The minimum Gasteiger partial charge on any atom is -0.381 e. The Bertz CT molecular complexity index is 751. The standard InChI is InChI=1S/C22H29FN2O3/c23-18-5-3-4-17-19(18)25(15-21(17)7-1-2-8-21)20(26)24-16-6-11-28-22(14-16)9-12-27-13-10-22/h3-5,16H,1-2,6-15H2,(H,24,26). The molecule has 4 aliphatic rings. The first kappa shape index (κ1) is 18.4. The number of hydrogen-bond donors (Lipinski definition) is 1. The fraction of sp³-hybridized carbons (Fsp3) is 0.682. The topological polar surface area (TPSA) is 50.8 Å². The van der Waals surface area contributed by atoms with E-state index in [9.17, 15) is 9.18 Å². The summed E-state index contributed by atoms with van der Waals surface area (Å²) < 4.78 is 26.3. The Labute approximate surface area is 165 Å². The van der Waals surface area contributed by atoms with Crippen LogP contribution in [0.5, 0.6) is 0 Å². The molecule has 1 aromatic carbocycles. The number of nitrogens with zero attached hydrogens (tertiary/aromatic N) is 1. The number of halogens is 1. The Balaban J connectivity index is 1.35. The second kappa shape index (κ2) is 6.99. The number of ether oxygens (including phenoxy) is 2. The van der Waals surface area contributed by atoms with Gasteiger partial charge in [0, 0.05) is 37.8 Å². The first-order valence-corrected chi connectivity index (χ1v) is 10.7. The number of hydrogen-bond acceptors (Lipinski definition) is 3. The number of amides is 2. The van der Waals surface area contributed by atoms with E-state index in [-0.39, 0.29) is 28.9 Å². The fourth-order valence-electron chi connectivity index (χ4n) is 5.83. The molecule has 0 aromatic heterocycles. The Hall–Kier alpha value is -1.66. The van der Waals surface area contributed by atoms with E-state index in [4.69, 9.17) is 9.47 Å². The van der Waals surface area contributed by atoms with Gasteiger partial charge in [-0.05, 0) is 50.2 Å². The largest absolute Gasteiger partial charge is 0.381 e. The number of carbonyl (C=O) groups is 1. The van der Waals surface area contributed by atoms with Gasteiger partial charge < -0.3 is 14.8 Å². The summed E-state index contributed by atoms with van der Waals surface area (Å²) in [5, 5.41) is 3.21. The highest BCUT2D eigenvalue weighted by Crippen LogP contribution is 2.51. The van der Waals surface area contributed by atoms with E-state index in [0.717, 1.165) is 56.9 Å². The lowest BCUT2D eigenvalue weighted by molar-refractivity contribution is -0.139. The molecule has 1 aliphatic carbocycles. The highest BCUT2D eigenvalue weighted by Gasteiger charge is 2.48. The molecule has 1 unspecified atom stereocenters. The molecule has 28 heavy (non-hydrogen) atoms. The zero-order valence-electron chi connectivity index (χ0n) is 16.3. The average molecular weight is 388 g/mol. The SMILES string of the molecule is O=C(NC1CCOC2(CCOCC2)C1)N1CC2(CCCC2)c2cccc(F)c21. The van der Waals surface area contributed by atoms with Crippen LogP contribution >= 0.6 is 0 Å². The second-order valence-corrected chi connectivity index (χ2v) is 8.99. The predicted molar refractivity (Wildman–Crippen MR) is 104 cm³/mol. The van der Waals surface area contributed by atoms with Gasteiger partial charge in [-0.1, -0.05) is 25.0 Å². The molecule has 0 radical (unpaired) electrons. The van der Waals surface area contributed by atoms with Crippen LogP contribution in [0, 0.1) is 5.82 Å². The van der Waals surface area contributed by atoms with Gasteiger partial charge in [-0.3, -0.25) is 4.90 Å². The molecule has 6 heteroatoms. The molecular weight excluding hydrogens is 359 g/mol. The molecule has 3 heterocycles. The van der Waals surface area contributed by atoms with E-state index in [0.29, 0.717) is 32.1 Å². The van der Waals surface area contributed by atoms with Gasteiger partial charge in [-0.15, -0.1) is 0 Å². The van der Waals surface area contributed by atoms with Crippen LogP contribution in [0.2, 0.25) is 0 Å². The lowest BCUT2D eigenvalue weighted by Gasteiger charge is -2.43. The third-order valence-electron chi connectivity index (χ3n) is 7.32. The van der Waals surface area contributed by atoms with E-state index < -0.39 is 0 Å². The number of anilines is 1. The molecule has 3 fully saturated rings. The van der Waals surface area contributed by atoms with Crippen molar-refractivity contribution in [3.8, 4) is 0 Å². The van der Waals surface area contributed by atoms with Gasteiger partial charge in [0.15, 0.2) is 0 Å². The first-order valence-electron chi connectivity index (χ1n) is 10.7. The number of nitrogens with one attached hydrogen (secondary N) is 1. The van der Waals surface area contributed by atoms with Crippen molar-refractivity contribution in [3.05, 3.63) is 29.6 Å². The van der Waals surface area contributed by atoms with Gasteiger partial charge in [-0.25, -0.2) is 9.18 Å². The third kappa shape index (κ3) is 3.01. The zero-order valence-corrected chi connectivity index (χ0v) is 16.3. The average Bonchev–Trinajstić information content (AvgIpc) is 3.29. The van der Waals surface area contributed by atoms with Crippen molar-refractivity contribution in [2.45, 2.75) is 68.4 Å². The van der Waals surface area contributed by atoms with Crippen LogP contribution in [0.4, 0.5) is 14.9 Å². The lowest BCUT2D eigenvalue weighted by Crippen LogP contribution is -2.53. The minimum absolute atomic E-state index is 0.0631. The highest BCUT2D eigenvalue weighted by atomic mass is 19.1. The summed E-state index contributed by atoms with van der Waals surface area (Å²) in [4.78, 5) is 14.9. The normalized spacial score (nSPS) is 27.9. The van der Waals surface area contributed by atoms with Crippen molar-refractivity contribution >= 4 is 11.7 Å². The van der Waals surface area contributed by atoms with Gasteiger partial charge in [0.25, 0.3) is 0 Å². The summed E-state index contributed by atoms with van der Waals surface area (Å²) in [5.74, 6) is -0.288. The van der Waals surface area contributed by atoms with E-state index in [1.807, 2.05) is 6.07 Å². The van der Waals surface area contributed by atoms with Crippen molar-refractivity contribution in [3.63, 3.8) is 0 Å². The van der Waals surface area contributed by atoms with Crippen LogP contribution in [0.25, 0.3) is 0 Å². The molecule has 2 spiro atoms. The van der Waals surface area contributed by atoms with Gasteiger partial charge in [-0.2, -0.15) is 0 Å². The Morgan fingerprint density at radius 2 is 1.93 bits per heavy atom. The summed E-state index contributed by atoms with van der Waals surface area (Å²) in [5.41, 5.74) is 1.28. The molecule has 5 nitrogen and oxygen atoms in total. The lowest BCUT2D eigenvalue weighted by atomic mass is 9.81. The van der Waals surface area contributed by atoms with Crippen LogP contribution in [-0.4, -0.2) is 44.0 Å².